The summed E-state index contributed by atoms with van der Waals surface area (Å²) in [7, 11) is 3.51. The van der Waals surface area contributed by atoms with Crippen molar-refractivity contribution in [2.75, 3.05) is 27.0 Å². The highest BCUT2D eigenvalue weighted by atomic mass is 35.5. The monoisotopic (exact) mass is 360 g/mol. The van der Waals surface area contributed by atoms with Gasteiger partial charge in [-0.25, -0.2) is 0 Å². The molecule has 0 saturated heterocycles. The maximum atomic E-state index is 12.8. The maximum Gasteiger partial charge on any atom is 0.230 e. The molecule has 132 valence electrons. The van der Waals surface area contributed by atoms with Gasteiger partial charge in [0.1, 0.15) is 5.75 Å². The van der Waals surface area contributed by atoms with Crippen molar-refractivity contribution in [2.24, 2.45) is 11.1 Å². The average molecular weight is 361 g/mol. The Bertz CT molecular complexity index is 499. The second-order valence-corrected chi connectivity index (χ2v) is 6.39. The van der Waals surface area contributed by atoms with Gasteiger partial charge in [-0.1, -0.05) is 19.9 Å². The molecule has 0 fully saturated rings. The Balaban J connectivity index is 0.00000484. The van der Waals surface area contributed by atoms with Gasteiger partial charge in [0.05, 0.1) is 12.5 Å². The maximum absolute atomic E-state index is 12.8. The average Bonchev–Trinajstić information content (AvgIpc) is 2.56. The molecule has 0 aromatic heterocycles. The lowest BCUT2D eigenvalue weighted by molar-refractivity contribution is -0.141. The van der Waals surface area contributed by atoms with E-state index in [9.17, 15) is 4.79 Å². The fourth-order valence-electron chi connectivity index (χ4n) is 2.66. The van der Waals surface area contributed by atoms with Crippen LogP contribution in [0.5, 0.6) is 5.75 Å². The van der Waals surface area contributed by atoms with Crippen LogP contribution in [-0.2, 0) is 11.3 Å². The summed E-state index contributed by atoms with van der Waals surface area (Å²) in [5, 5.41) is 0. The highest BCUT2D eigenvalue weighted by Crippen LogP contribution is 2.30. The first-order valence-electron chi connectivity index (χ1n) is 7.64. The van der Waals surface area contributed by atoms with E-state index in [1.54, 1.807) is 23.8 Å². The molecule has 0 saturated carbocycles. The third kappa shape index (κ3) is 5.03. The summed E-state index contributed by atoms with van der Waals surface area (Å²) >= 11 is 1.65. The van der Waals surface area contributed by atoms with Crippen LogP contribution in [0.25, 0.3) is 0 Å². The number of carbonyl (C=O) groups is 1. The van der Waals surface area contributed by atoms with Gasteiger partial charge in [-0.15, -0.1) is 24.2 Å². The van der Waals surface area contributed by atoms with Crippen LogP contribution in [0.2, 0.25) is 0 Å². The predicted octanol–water partition coefficient (Wildman–Crippen LogP) is 3.56. The van der Waals surface area contributed by atoms with Crippen LogP contribution in [0.4, 0.5) is 0 Å². The SMILES string of the molecule is CCC(CC)(CN)C(=O)N(C)Cc1ccc(SC)c(OC)c1.Cl. The summed E-state index contributed by atoms with van der Waals surface area (Å²) in [6, 6.07) is 6.07. The molecule has 0 spiro atoms. The lowest BCUT2D eigenvalue weighted by atomic mass is 9.81. The minimum atomic E-state index is -0.446. The van der Waals surface area contributed by atoms with Crippen molar-refractivity contribution in [3.8, 4) is 5.75 Å². The molecule has 0 aliphatic carbocycles. The molecule has 4 nitrogen and oxygen atoms in total. The molecular formula is C17H29ClN2O2S. The number of halogens is 1. The van der Waals surface area contributed by atoms with Crippen molar-refractivity contribution in [1.82, 2.24) is 4.90 Å². The standard InChI is InChI=1S/C17H28N2O2S.ClH/c1-6-17(7-2,12-18)16(20)19(3)11-13-8-9-15(22-5)14(10-13)21-4;/h8-10H,6-7,11-12,18H2,1-5H3;1H. The minimum absolute atomic E-state index is 0. The number of nitrogens with two attached hydrogens (primary N) is 1. The van der Waals surface area contributed by atoms with Crippen LogP contribution in [0.15, 0.2) is 23.1 Å². The molecule has 0 bridgehead atoms. The van der Waals surface area contributed by atoms with Gasteiger partial charge in [0, 0.05) is 25.0 Å². The molecule has 1 aromatic carbocycles. The third-order valence-electron chi connectivity index (χ3n) is 4.41. The zero-order valence-corrected chi connectivity index (χ0v) is 16.4. The summed E-state index contributed by atoms with van der Waals surface area (Å²) in [6.07, 6.45) is 3.54. The summed E-state index contributed by atoms with van der Waals surface area (Å²) in [4.78, 5) is 15.6. The Kier molecular flexibility index (Phi) is 9.66. The highest BCUT2D eigenvalue weighted by molar-refractivity contribution is 7.98. The Hall–Kier alpha value is -0.910. The van der Waals surface area contributed by atoms with Crippen molar-refractivity contribution in [2.45, 2.75) is 38.1 Å². The number of nitrogens with zero attached hydrogens (tertiary/aromatic N) is 1. The molecule has 1 amide bonds. The number of benzene rings is 1. The second-order valence-electron chi connectivity index (χ2n) is 5.54. The van der Waals surface area contributed by atoms with Crippen LogP contribution < -0.4 is 10.5 Å². The molecule has 1 rings (SSSR count). The molecule has 2 N–H and O–H groups in total. The van der Waals surface area contributed by atoms with E-state index >= 15 is 0 Å². The molecule has 0 atom stereocenters. The molecule has 0 aliphatic rings. The van der Waals surface area contributed by atoms with E-state index in [0.717, 1.165) is 29.1 Å². The normalized spacial score (nSPS) is 10.9. The molecule has 23 heavy (non-hydrogen) atoms. The quantitative estimate of drug-likeness (QED) is 0.720. The van der Waals surface area contributed by atoms with Crippen LogP contribution in [0.3, 0.4) is 0 Å². The number of ether oxygens (including phenoxy) is 1. The van der Waals surface area contributed by atoms with Gasteiger partial charge in [-0.05, 0) is 36.8 Å². The summed E-state index contributed by atoms with van der Waals surface area (Å²) in [6.45, 7) is 5.00. The van der Waals surface area contributed by atoms with Crippen molar-refractivity contribution in [1.29, 1.82) is 0 Å². The molecular weight excluding hydrogens is 332 g/mol. The molecule has 6 heteroatoms. The van der Waals surface area contributed by atoms with Gasteiger partial charge in [-0.3, -0.25) is 4.79 Å². The summed E-state index contributed by atoms with van der Waals surface area (Å²) in [5.74, 6) is 0.967. The van der Waals surface area contributed by atoms with Gasteiger partial charge in [0.2, 0.25) is 5.91 Å². The Labute approximate surface area is 150 Å². The summed E-state index contributed by atoms with van der Waals surface area (Å²) < 4.78 is 5.41. The zero-order chi connectivity index (χ0) is 16.8. The topological polar surface area (TPSA) is 55.6 Å². The smallest absolute Gasteiger partial charge is 0.230 e. The molecule has 1 aromatic rings. The number of amides is 1. The Morgan fingerprint density at radius 1 is 1.35 bits per heavy atom. The summed E-state index contributed by atoms with van der Waals surface area (Å²) in [5.41, 5.74) is 6.49. The minimum Gasteiger partial charge on any atom is -0.496 e. The van der Waals surface area contributed by atoms with Crippen molar-refractivity contribution in [3.05, 3.63) is 23.8 Å². The lowest BCUT2D eigenvalue weighted by Crippen LogP contribution is -2.45. The van der Waals surface area contributed by atoms with E-state index < -0.39 is 5.41 Å². The molecule has 0 aliphatic heterocycles. The van der Waals surface area contributed by atoms with Gasteiger partial charge in [0.15, 0.2) is 0 Å². The van der Waals surface area contributed by atoms with Gasteiger partial charge >= 0.3 is 0 Å². The van der Waals surface area contributed by atoms with Gasteiger partial charge in [0.25, 0.3) is 0 Å². The van der Waals surface area contributed by atoms with Crippen LogP contribution in [0.1, 0.15) is 32.3 Å². The fourth-order valence-corrected chi connectivity index (χ4v) is 3.21. The second kappa shape index (κ2) is 10.1. The van der Waals surface area contributed by atoms with E-state index in [4.69, 9.17) is 10.5 Å². The number of thioether (sulfide) groups is 1. The van der Waals surface area contributed by atoms with E-state index in [1.165, 1.54) is 0 Å². The van der Waals surface area contributed by atoms with Crippen LogP contribution in [0, 0.1) is 5.41 Å². The number of hydrogen-bond donors (Lipinski definition) is 1. The fraction of sp³-hybridized carbons (Fsp3) is 0.588. The van der Waals surface area contributed by atoms with E-state index in [0.29, 0.717) is 13.1 Å². The number of methoxy groups -OCH3 is 1. The Morgan fingerprint density at radius 3 is 2.39 bits per heavy atom. The number of carbonyl (C=O) groups excluding carboxylic acids is 1. The first kappa shape index (κ1) is 22.1. The largest absolute Gasteiger partial charge is 0.496 e. The van der Waals surface area contributed by atoms with Crippen molar-refractivity contribution < 1.29 is 9.53 Å². The van der Waals surface area contributed by atoms with Crippen molar-refractivity contribution >= 4 is 30.1 Å². The first-order chi connectivity index (χ1) is 10.5. The molecule has 0 radical (unpaired) electrons. The predicted molar refractivity (Wildman–Crippen MR) is 101 cm³/mol. The number of hydrogen-bond acceptors (Lipinski definition) is 4. The van der Waals surface area contributed by atoms with Gasteiger partial charge in [-0.2, -0.15) is 0 Å². The first-order valence-corrected chi connectivity index (χ1v) is 8.87. The highest BCUT2D eigenvalue weighted by Gasteiger charge is 2.35. The van der Waals surface area contributed by atoms with Gasteiger partial charge < -0.3 is 15.4 Å². The van der Waals surface area contributed by atoms with Crippen LogP contribution >= 0.6 is 24.2 Å². The number of rotatable bonds is 8. The van der Waals surface area contributed by atoms with E-state index in [1.807, 2.05) is 45.4 Å². The lowest BCUT2D eigenvalue weighted by Gasteiger charge is -2.33. The van der Waals surface area contributed by atoms with Crippen LogP contribution in [-0.4, -0.2) is 37.8 Å². The Morgan fingerprint density at radius 2 is 1.96 bits per heavy atom. The third-order valence-corrected chi connectivity index (χ3v) is 5.19. The van der Waals surface area contributed by atoms with Crippen molar-refractivity contribution in [3.63, 3.8) is 0 Å². The molecule has 0 unspecified atom stereocenters. The molecule has 0 heterocycles. The zero-order valence-electron chi connectivity index (χ0n) is 14.7. The van der Waals surface area contributed by atoms with E-state index in [2.05, 4.69) is 0 Å². The van der Waals surface area contributed by atoms with E-state index in [-0.39, 0.29) is 18.3 Å².